The van der Waals surface area contributed by atoms with Gasteiger partial charge in [-0.25, -0.2) is 0 Å². The van der Waals surface area contributed by atoms with Crippen LogP contribution in [-0.2, 0) is 0 Å². The summed E-state index contributed by atoms with van der Waals surface area (Å²) in [5.41, 5.74) is 5.58. The molecule has 1 heterocycles. The fourth-order valence-corrected chi connectivity index (χ4v) is 2.13. The second kappa shape index (κ2) is 5.79. The number of aryl methyl sites for hydroxylation is 2. The fourth-order valence-electron chi connectivity index (χ4n) is 2.13. The van der Waals surface area contributed by atoms with Gasteiger partial charge >= 0.3 is 114 Å². The SMILES string of the molecule is CC(=O)c1cbcc(/C=C/c2c(C)cccc2C)c1. The van der Waals surface area contributed by atoms with E-state index in [1.807, 2.05) is 24.9 Å². The Labute approximate surface area is 115 Å². The molecule has 2 aromatic rings. The maximum atomic E-state index is 11.4. The summed E-state index contributed by atoms with van der Waals surface area (Å²) in [6.45, 7) is 7.73. The second-order valence-electron chi connectivity index (χ2n) is 4.82. The molecule has 0 atom stereocenters. The Bertz CT molecular complexity index is 621. The van der Waals surface area contributed by atoms with Crippen LogP contribution in [0.1, 0.15) is 39.5 Å². The van der Waals surface area contributed by atoms with E-state index in [0.29, 0.717) is 0 Å². The van der Waals surface area contributed by atoms with Gasteiger partial charge in [0.25, 0.3) is 0 Å². The fraction of sp³-hybridized carbons (Fsp3) is 0.176. The van der Waals surface area contributed by atoms with Crippen LogP contribution >= 0.6 is 0 Å². The van der Waals surface area contributed by atoms with Crippen molar-refractivity contribution >= 4 is 24.8 Å². The standard InChI is InChI=1S/C17H17BO/c1-12-5-4-6-13(2)17(12)8-7-15-9-16(14(3)19)11-18-10-15/h4-11H,1-3H3/b8-7+. The molecule has 0 aliphatic heterocycles. The summed E-state index contributed by atoms with van der Waals surface area (Å²) < 4.78 is 0. The molecule has 94 valence electrons. The van der Waals surface area contributed by atoms with Gasteiger partial charge in [0.15, 0.2) is 0 Å². The molecule has 1 aromatic heterocycles. The van der Waals surface area contributed by atoms with Gasteiger partial charge in [0.05, 0.1) is 0 Å². The van der Waals surface area contributed by atoms with Crippen molar-refractivity contribution in [3.63, 3.8) is 0 Å². The third kappa shape index (κ3) is 3.28. The first-order valence-electron chi connectivity index (χ1n) is 6.43. The molecule has 0 aliphatic rings. The molecule has 2 heteroatoms. The normalized spacial score (nSPS) is 10.7. The van der Waals surface area contributed by atoms with E-state index in [0.717, 1.165) is 11.1 Å². The Kier molecular flexibility index (Phi) is 4.11. The average molecular weight is 248 g/mol. The van der Waals surface area contributed by atoms with Crippen LogP contribution in [0, 0.1) is 13.8 Å². The van der Waals surface area contributed by atoms with E-state index in [4.69, 9.17) is 0 Å². The van der Waals surface area contributed by atoms with Crippen LogP contribution in [0.25, 0.3) is 12.2 Å². The number of ketones is 1. The molecule has 1 aromatic carbocycles. The Hall–Kier alpha value is -1.96. The molecule has 0 unspecified atom stereocenters. The first-order chi connectivity index (χ1) is 9.08. The predicted molar refractivity (Wildman–Crippen MR) is 82.6 cm³/mol. The molecule has 0 saturated heterocycles. The monoisotopic (exact) mass is 248 g/mol. The van der Waals surface area contributed by atoms with Crippen molar-refractivity contribution in [1.29, 1.82) is 0 Å². The van der Waals surface area contributed by atoms with Crippen LogP contribution < -0.4 is 0 Å². The van der Waals surface area contributed by atoms with Crippen molar-refractivity contribution in [3.8, 4) is 0 Å². The number of hydrogen-bond donors (Lipinski definition) is 0. The molecule has 2 rings (SSSR count). The minimum atomic E-state index is 0.0994. The van der Waals surface area contributed by atoms with Crippen LogP contribution in [0.2, 0.25) is 0 Å². The number of carbonyl (C=O) groups is 1. The number of rotatable bonds is 3. The molecule has 0 amide bonds. The molecule has 0 saturated carbocycles. The van der Waals surface area contributed by atoms with E-state index in [-0.39, 0.29) is 5.78 Å². The minimum absolute atomic E-state index is 0.0994. The number of hydrogen-bond acceptors (Lipinski definition) is 1. The molecular weight excluding hydrogens is 231 g/mol. The number of carbonyl (C=O) groups excluding carboxylic acids is 1. The molecule has 0 aliphatic carbocycles. The van der Waals surface area contributed by atoms with Crippen molar-refractivity contribution in [2.24, 2.45) is 0 Å². The molecule has 19 heavy (non-hydrogen) atoms. The summed E-state index contributed by atoms with van der Waals surface area (Å²) in [5, 5.41) is 0. The topological polar surface area (TPSA) is 17.1 Å². The van der Waals surface area contributed by atoms with Crippen LogP contribution in [0.4, 0.5) is 0 Å². The molecule has 0 spiro atoms. The summed E-state index contributed by atoms with van der Waals surface area (Å²) in [6.07, 6.45) is 4.17. The van der Waals surface area contributed by atoms with E-state index in [2.05, 4.69) is 44.2 Å². The van der Waals surface area contributed by atoms with Crippen LogP contribution in [-0.4, -0.2) is 12.7 Å². The molecular formula is C17H17BO. The van der Waals surface area contributed by atoms with E-state index >= 15 is 0 Å². The Morgan fingerprint density at radius 2 is 1.79 bits per heavy atom. The van der Waals surface area contributed by atoms with Crippen LogP contribution in [0.15, 0.2) is 36.2 Å². The van der Waals surface area contributed by atoms with Gasteiger partial charge < -0.3 is 0 Å². The summed E-state index contributed by atoms with van der Waals surface area (Å²) in [4.78, 5) is 11.4. The second-order valence-corrected chi connectivity index (χ2v) is 4.82. The third-order valence-corrected chi connectivity index (χ3v) is 3.28. The van der Waals surface area contributed by atoms with E-state index in [1.54, 1.807) is 6.92 Å². The first-order valence-corrected chi connectivity index (χ1v) is 6.43. The summed E-state index contributed by atoms with van der Waals surface area (Å²) in [5.74, 6) is 3.96. The third-order valence-electron chi connectivity index (χ3n) is 3.28. The summed E-state index contributed by atoms with van der Waals surface area (Å²) in [6, 6.07) is 8.21. The summed E-state index contributed by atoms with van der Waals surface area (Å²) in [7, 11) is 0. The molecule has 0 radical (unpaired) electrons. The zero-order chi connectivity index (χ0) is 13.8. The summed E-state index contributed by atoms with van der Waals surface area (Å²) >= 11 is 0. The van der Waals surface area contributed by atoms with Crippen molar-refractivity contribution in [3.05, 3.63) is 64.0 Å². The maximum absolute atomic E-state index is 11.4. The van der Waals surface area contributed by atoms with Crippen molar-refractivity contribution in [2.75, 3.05) is 0 Å². The predicted octanol–water partition coefficient (Wildman–Crippen LogP) is 4.01. The number of benzene rings is 1. The molecule has 0 fully saturated rings. The Morgan fingerprint density at radius 1 is 1.11 bits per heavy atom. The van der Waals surface area contributed by atoms with Crippen LogP contribution in [0.3, 0.4) is 0 Å². The zero-order valence-corrected chi connectivity index (χ0v) is 11.6. The molecule has 0 bridgehead atoms. The van der Waals surface area contributed by atoms with Crippen LogP contribution in [0.5, 0.6) is 0 Å². The molecule has 1 nitrogen and oxygen atoms in total. The van der Waals surface area contributed by atoms with E-state index in [9.17, 15) is 4.79 Å². The van der Waals surface area contributed by atoms with Gasteiger partial charge in [-0.2, -0.15) is 0 Å². The molecule has 0 N–H and O–H groups in total. The van der Waals surface area contributed by atoms with E-state index < -0.39 is 0 Å². The van der Waals surface area contributed by atoms with Gasteiger partial charge in [0.2, 0.25) is 0 Å². The van der Waals surface area contributed by atoms with Crippen molar-refractivity contribution < 1.29 is 4.79 Å². The Morgan fingerprint density at radius 3 is 2.42 bits per heavy atom. The van der Waals surface area contributed by atoms with E-state index in [1.165, 1.54) is 16.7 Å². The van der Waals surface area contributed by atoms with Crippen molar-refractivity contribution in [2.45, 2.75) is 20.8 Å². The van der Waals surface area contributed by atoms with Gasteiger partial charge in [0.1, 0.15) is 0 Å². The van der Waals surface area contributed by atoms with Gasteiger partial charge in [-0.15, -0.1) is 0 Å². The van der Waals surface area contributed by atoms with Gasteiger partial charge in [-0.3, -0.25) is 0 Å². The first kappa shape index (κ1) is 13.5. The van der Waals surface area contributed by atoms with Gasteiger partial charge in [-0.1, -0.05) is 0 Å². The quantitative estimate of drug-likeness (QED) is 0.750. The average Bonchev–Trinajstić information content (AvgIpc) is 2.38. The van der Waals surface area contributed by atoms with Gasteiger partial charge in [0, 0.05) is 0 Å². The van der Waals surface area contributed by atoms with Gasteiger partial charge in [-0.05, 0) is 0 Å². The zero-order valence-electron chi connectivity index (χ0n) is 11.6. The van der Waals surface area contributed by atoms with Crippen molar-refractivity contribution in [1.82, 2.24) is 0 Å². The Balaban J connectivity index is 2.33. The number of Topliss-reactive ketones (excluding diaryl/α,β-unsaturated/α-hetero) is 1.